The van der Waals surface area contributed by atoms with Crippen LogP contribution >= 0.6 is 11.6 Å². The van der Waals surface area contributed by atoms with Gasteiger partial charge in [-0.2, -0.15) is 22.0 Å². The van der Waals surface area contributed by atoms with Crippen molar-refractivity contribution in [1.29, 1.82) is 0 Å². The summed E-state index contributed by atoms with van der Waals surface area (Å²) in [6.45, 7) is -4.07. The van der Waals surface area contributed by atoms with Gasteiger partial charge in [-0.25, -0.2) is 0 Å². The summed E-state index contributed by atoms with van der Waals surface area (Å²) in [6, 6.07) is 1.53. The first-order chi connectivity index (χ1) is 15.1. The predicted molar refractivity (Wildman–Crippen MR) is 107 cm³/mol. The second kappa shape index (κ2) is 10.1. The quantitative estimate of drug-likeness (QED) is 0.520. The number of rotatable bonds is 7. The Morgan fingerprint density at radius 1 is 1.19 bits per heavy atom. The molecule has 1 aliphatic rings. The number of fused-ring (bicyclic) bond motifs is 1. The SMILES string of the molecule is O=C(NC1CCC(N[C@@H](CO)C(F)(F)F)CC1)c1cnc2cc(OC(F)F)c(Cl)cc2c1. The van der Waals surface area contributed by atoms with E-state index in [4.69, 9.17) is 16.7 Å². The molecule has 0 radical (unpaired) electrons. The molecule has 1 amide bonds. The summed E-state index contributed by atoms with van der Waals surface area (Å²) in [5, 5.41) is 14.6. The normalized spacial score (nSPS) is 20.4. The summed E-state index contributed by atoms with van der Waals surface area (Å²) in [6.07, 6.45) is -1.47. The van der Waals surface area contributed by atoms with E-state index >= 15 is 0 Å². The largest absolute Gasteiger partial charge is 0.433 e. The molecule has 6 nitrogen and oxygen atoms in total. The number of pyridine rings is 1. The van der Waals surface area contributed by atoms with Crippen LogP contribution in [0.25, 0.3) is 10.9 Å². The van der Waals surface area contributed by atoms with Crippen LogP contribution in [0.2, 0.25) is 5.02 Å². The van der Waals surface area contributed by atoms with Gasteiger partial charge in [0.15, 0.2) is 0 Å². The van der Waals surface area contributed by atoms with Crippen LogP contribution in [-0.4, -0.2) is 53.5 Å². The molecule has 0 aliphatic heterocycles. The van der Waals surface area contributed by atoms with Crippen LogP contribution < -0.4 is 15.4 Å². The van der Waals surface area contributed by atoms with Crippen molar-refractivity contribution in [3.63, 3.8) is 0 Å². The van der Waals surface area contributed by atoms with E-state index in [2.05, 4.69) is 20.4 Å². The number of carbonyl (C=O) groups is 1. The molecule has 1 aromatic heterocycles. The number of nitrogens with one attached hydrogen (secondary N) is 2. The van der Waals surface area contributed by atoms with Gasteiger partial charge in [-0.3, -0.25) is 9.78 Å². The fourth-order valence-corrected chi connectivity index (χ4v) is 3.86. The molecule has 1 aliphatic carbocycles. The number of amides is 1. The maximum absolute atomic E-state index is 12.8. The molecular formula is C20H21ClF5N3O3. The number of hydrogen-bond donors (Lipinski definition) is 3. The maximum Gasteiger partial charge on any atom is 0.406 e. The average Bonchev–Trinajstić information content (AvgIpc) is 2.72. The van der Waals surface area contributed by atoms with E-state index in [-0.39, 0.29) is 22.4 Å². The molecule has 32 heavy (non-hydrogen) atoms. The van der Waals surface area contributed by atoms with Crippen LogP contribution in [0.15, 0.2) is 24.4 Å². The second-order valence-corrected chi connectivity index (χ2v) is 7.95. The Bertz CT molecular complexity index is 952. The first kappa shape index (κ1) is 24.4. The lowest BCUT2D eigenvalue weighted by Gasteiger charge is -2.32. The van der Waals surface area contributed by atoms with Crippen LogP contribution in [0.3, 0.4) is 0 Å². The van der Waals surface area contributed by atoms with Crippen molar-refractivity contribution in [2.24, 2.45) is 0 Å². The Morgan fingerprint density at radius 2 is 1.84 bits per heavy atom. The van der Waals surface area contributed by atoms with E-state index < -0.39 is 37.4 Å². The Hall–Kier alpha value is -2.24. The minimum atomic E-state index is -4.53. The Labute approximate surface area is 185 Å². The molecule has 1 fully saturated rings. The van der Waals surface area contributed by atoms with Gasteiger partial charge in [0.1, 0.15) is 11.8 Å². The fourth-order valence-electron chi connectivity index (χ4n) is 3.65. The molecule has 0 saturated heterocycles. The van der Waals surface area contributed by atoms with Crippen molar-refractivity contribution in [1.82, 2.24) is 15.6 Å². The number of halogens is 6. The molecule has 176 valence electrons. The molecule has 1 aromatic carbocycles. The third-order valence-corrected chi connectivity index (χ3v) is 5.59. The fraction of sp³-hybridized carbons (Fsp3) is 0.500. The van der Waals surface area contributed by atoms with Crippen LogP contribution in [-0.2, 0) is 0 Å². The first-order valence-electron chi connectivity index (χ1n) is 9.85. The zero-order chi connectivity index (χ0) is 23.5. The number of aliphatic hydroxyl groups excluding tert-OH is 1. The summed E-state index contributed by atoms with van der Waals surface area (Å²) in [4.78, 5) is 16.7. The molecule has 3 rings (SSSR count). The average molecular weight is 482 g/mol. The van der Waals surface area contributed by atoms with Crippen molar-refractivity contribution in [3.8, 4) is 5.75 Å². The van der Waals surface area contributed by atoms with Crippen LogP contribution in [0, 0.1) is 0 Å². The molecule has 1 heterocycles. The molecule has 1 atom stereocenters. The molecule has 0 unspecified atom stereocenters. The lowest BCUT2D eigenvalue weighted by atomic mass is 9.90. The van der Waals surface area contributed by atoms with E-state index in [0.29, 0.717) is 36.6 Å². The van der Waals surface area contributed by atoms with E-state index in [1.807, 2.05) is 0 Å². The number of aromatic nitrogens is 1. The summed E-state index contributed by atoms with van der Waals surface area (Å²) in [5.74, 6) is -0.637. The van der Waals surface area contributed by atoms with Crippen LogP contribution in [0.5, 0.6) is 5.75 Å². The molecular weight excluding hydrogens is 461 g/mol. The maximum atomic E-state index is 12.8. The number of benzene rings is 1. The Morgan fingerprint density at radius 3 is 2.44 bits per heavy atom. The number of aliphatic hydroxyl groups is 1. The van der Waals surface area contributed by atoms with Crippen molar-refractivity contribution >= 4 is 28.4 Å². The van der Waals surface area contributed by atoms with Gasteiger partial charge in [0.05, 0.1) is 22.7 Å². The van der Waals surface area contributed by atoms with Crippen molar-refractivity contribution in [2.45, 2.75) is 56.6 Å². The smallest absolute Gasteiger partial charge is 0.406 e. The first-order valence-corrected chi connectivity index (χ1v) is 10.2. The topological polar surface area (TPSA) is 83.5 Å². The Balaban J connectivity index is 1.59. The highest BCUT2D eigenvalue weighted by Crippen LogP contribution is 2.31. The molecule has 1 saturated carbocycles. The summed E-state index contributed by atoms with van der Waals surface area (Å²) in [7, 11) is 0. The highest BCUT2D eigenvalue weighted by atomic mass is 35.5. The van der Waals surface area contributed by atoms with Gasteiger partial charge in [-0.1, -0.05) is 11.6 Å². The standard InChI is InChI=1S/C20H21ClF5N3O3/c21-14-6-10-5-11(8-27-15(10)7-16(14)32-19(22)23)18(31)29-13-3-1-12(2-4-13)28-17(9-30)20(24,25)26/h5-8,12-13,17,19,28,30H,1-4,9H2,(H,29,31)/t12?,13?,17-/m0/s1. The molecule has 2 aromatic rings. The Kier molecular flexibility index (Phi) is 7.73. The number of ether oxygens (including phenoxy) is 1. The lowest BCUT2D eigenvalue weighted by molar-refractivity contribution is -0.166. The van der Waals surface area contributed by atoms with Gasteiger partial charge in [-0.05, 0) is 37.8 Å². The number of nitrogens with zero attached hydrogens (tertiary/aromatic N) is 1. The minimum absolute atomic E-state index is 0.0528. The zero-order valence-electron chi connectivity index (χ0n) is 16.6. The third kappa shape index (κ3) is 6.17. The van der Waals surface area contributed by atoms with E-state index in [1.165, 1.54) is 24.4 Å². The summed E-state index contributed by atoms with van der Waals surface area (Å²) < 4.78 is 67.6. The summed E-state index contributed by atoms with van der Waals surface area (Å²) >= 11 is 5.94. The van der Waals surface area contributed by atoms with Crippen molar-refractivity contribution in [3.05, 3.63) is 35.0 Å². The van der Waals surface area contributed by atoms with Crippen molar-refractivity contribution < 1.29 is 36.6 Å². The number of alkyl halides is 5. The molecule has 3 N–H and O–H groups in total. The highest BCUT2D eigenvalue weighted by molar-refractivity contribution is 6.32. The number of carbonyl (C=O) groups excluding carboxylic acids is 1. The van der Waals surface area contributed by atoms with Gasteiger partial charge in [0.25, 0.3) is 5.91 Å². The van der Waals surface area contributed by atoms with E-state index in [9.17, 15) is 26.7 Å². The van der Waals surface area contributed by atoms with Gasteiger partial charge in [0.2, 0.25) is 0 Å². The highest BCUT2D eigenvalue weighted by Gasteiger charge is 2.40. The molecule has 12 heteroatoms. The summed E-state index contributed by atoms with van der Waals surface area (Å²) in [5.41, 5.74) is 0.546. The predicted octanol–water partition coefficient (Wildman–Crippen LogP) is 4.04. The van der Waals surface area contributed by atoms with Gasteiger partial charge < -0.3 is 20.5 Å². The van der Waals surface area contributed by atoms with Crippen molar-refractivity contribution in [2.75, 3.05) is 6.61 Å². The van der Waals surface area contributed by atoms with Gasteiger partial charge in [-0.15, -0.1) is 0 Å². The third-order valence-electron chi connectivity index (χ3n) is 5.29. The van der Waals surface area contributed by atoms with Gasteiger partial charge in [0, 0.05) is 29.7 Å². The second-order valence-electron chi connectivity index (χ2n) is 7.54. The monoisotopic (exact) mass is 481 g/mol. The molecule has 0 bridgehead atoms. The minimum Gasteiger partial charge on any atom is -0.433 e. The van der Waals surface area contributed by atoms with Crippen LogP contribution in [0.4, 0.5) is 22.0 Å². The lowest BCUT2D eigenvalue weighted by Crippen LogP contribution is -2.51. The molecule has 0 spiro atoms. The van der Waals surface area contributed by atoms with Crippen LogP contribution in [0.1, 0.15) is 36.0 Å². The number of hydrogen-bond acceptors (Lipinski definition) is 5. The zero-order valence-corrected chi connectivity index (χ0v) is 17.4. The van der Waals surface area contributed by atoms with Gasteiger partial charge >= 0.3 is 12.8 Å². The van der Waals surface area contributed by atoms with E-state index in [0.717, 1.165) is 0 Å². The van der Waals surface area contributed by atoms with E-state index in [1.54, 1.807) is 0 Å².